The summed E-state index contributed by atoms with van der Waals surface area (Å²) in [7, 11) is -2.84. The Kier molecular flexibility index (Phi) is 4.03. The molecule has 0 amide bonds. The highest BCUT2D eigenvalue weighted by Gasteiger charge is 2.39. The van der Waals surface area contributed by atoms with E-state index >= 15 is 0 Å². The molecule has 1 aliphatic heterocycles. The molecule has 0 aromatic carbocycles. The van der Waals surface area contributed by atoms with Gasteiger partial charge in [0.05, 0.1) is 11.5 Å². The molecule has 1 fully saturated rings. The fourth-order valence-electron chi connectivity index (χ4n) is 2.04. The van der Waals surface area contributed by atoms with Crippen LogP contribution >= 0.6 is 0 Å². The van der Waals surface area contributed by atoms with Gasteiger partial charge in [-0.1, -0.05) is 13.8 Å². The first-order chi connectivity index (χ1) is 7.24. The van der Waals surface area contributed by atoms with Gasteiger partial charge in [-0.3, -0.25) is 0 Å². The molecule has 1 saturated heterocycles. The van der Waals surface area contributed by atoms with Gasteiger partial charge >= 0.3 is 0 Å². The number of nitrogens with one attached hydrogen (secondary N) is 1. The molecule has 16 heavy (non-hydrogen) atoms. The fraction of sp³-hybridized carbons (Fsp3) is 1.00. The fourth-order valence-corrected chi connectivity index (χ4v) is 4.16. The van der Waals surface area contributed by atoms with E-state index < -0.39 is 9.84 Å². The van der Waals surface area contributed by atoms with Gasteiger partial charge in [-0.15, -0.1) is 0 Å². The van der Waals surface area contributed by atoms with Gasteiger partial charge in [0, 0.05) is 17.6 Å². The lowest BCUT2D eigenvalue weighted by Gasteiger charge is -2.33. The van der Waals surface area contributed by atoms with Crippen LogP contribution < -0.4 is 11.1 Å². The second kappa shape index (κ2) is 4.63. The van der Waals surface area contributed by atoms with Crippen molar-refractivity contribution in [3.05, 3.63) is 0 Å². The average Bonchev–Trinajstić information content (AvgIpc) is 2.51. The molecule has 0 radical (unpaired) electrons. The molecular formula is C11H24N2O2S. The Labute approximate surface area is 98.9 Å². The Balaban J connectivity index is 2.56. The number of sulfone groups is 1. The van der Waals surface area contributed by atoms with Crippen LogP contribution in [0.2, 0.25) is 0 Å². The maximum atomic E-state index is 11.4. The van der Waals surface area contributed by atoms with Crippen molar-refractivity contribution >= 4 is 9.84 Å². The number of nitrogens with two attached hydrogens (primary N) is 1. The van der Waals surface area contributed by atoms with Crippen molar-refractivity contribution in [2.75, 3.05) is 18.1 Å². The lowest BCUT2D eigenvalue weighted by Crippen LogP contribution is -2.55. The molecule has 0 aromatic heterocycles. The van der Waals surface area contributed by atoms with E-state index in [0.717, 1.165) is 12.8 Å². The Hall–Kier alpha value is -0.130. The summed E-state index contributed by atoms with van der Waals surface area (Å²) in [4.78, 5) is 0. The van der Waals surface area contributed by atoms with Gasteiger partial charge in [0.15, 0.2) is 9.84 Å². The Morgan fingerprint density at radius 3 is 2.31 bits per heavy atom. The summed E-state index contributed by atoms with van der Waals surface area (Å²) in [5, 5.41) is 3.35. The molecule has 0 bridgehead atoms. The Morgan fingerprint density at radius 2 is 1.94 bits per heavy atom. The largest absolute Gasteiger partial charge is 0.324 e. The molecular weight excluding hydrogens is 224 g/mol. The minimum Gasteiger partial charge on any atom is -0.324 e. The molecule has 1 unspecified atom stereocenters. The third kappa shape index (κ3) is 3.43. The monoisotopic (exact) mass is 248 g/mol. The van der Waals surface area contributed by atoms with Gasteiger partial charge < -0.3 is 11.1 Å². The lowest BCUT2D eigenvalue weighted by atomic mass is 9.92. The van der Waals surface area contributed by atoms with Crippen molar-refractivity contribution < 1.29 is 8.42 Å². The van der Waals surface area contributed by atoms with Gasteiger partial charge in [-0.25, -0.2) is 8.42 Å². The van der Waals surface area contributed by atoms with E-state index in [1.807, 2.05) is 6.92 Å². The maximum absolute atomic E-state index is 11.4. The zero-order chi connectivity index (χ0) is 12.4. The molecule has 4 nitrogen and oxygen atoms in total. The SMILES string of the molecule is CCC(N)(CC)CNC1(C)CCS(=O)(=O)C1. The van der Waals surface area contributed by atoms with Crippen molar-refractivity contribution in [2.45, 2.75) is 51.1 Å². The maximum Gasteiger partial charge on any atom is 0.152 e. The van der Waals surface area contributed by atoms with Gasteiger partial charge in [0.25, 0.3) is 0 Å². The van der Waals surface area contributed by atoms with E-state index in [1.165, 1.54) is 0 Å². The summed E-state index contributed by atoms with van der Waals surface area (Å²) in [6, 6.07) is 0. The number of rotatable bonds is 5. The molecule has 5 heteroatoms. The Morgan fingerprint density at radius 1 is 1.38 bits per heavy atom. The topological polar surface area (TPSA) is 72.2 Å². The second-order valence-electron chi connectivity index (χ2n) is 5.33. The van der Waals surface area contributed by atoms with Crippen LogP contribution in [0.5, 0.6) is 0 Å². The van der Waals surface area contributed by atoms with E-state index in [0.29, 0.717) is 18.7 Å². The molecule has 0 spiro atoms. The highest BCUT2D eigenvalue weighted by Crippen LogP contribution is 2.23. The molecule has 0 aromatic rings. The molecule has 0 aliphatic carbocycles. The highest BCUT2D eigenvalue weighted by molar-refractivity contribution is 7.91. The van der Waals surface area contributed by atoms with Crippen LogP contribution in [0.25, 0.3) is 0 Å². The summed E-state index contributed by atoms with van der Waals surface area (Å²) in [6.07, 6.45) is 2.50. The number of hydrogen-bond donors (Lipinski definition) is 2. The molecule has 96 valence electrons. The highest BCUT2D eigenvalue weighted by atomic mass is 32.2. The first-order valence-electron chi connectivity index (χ1n) is 5.98. The molecule has 3 N–H and O–H groups in total. The molecule has 1 rings (SSSR count). The zero-order valence-corrected chi connectivity index (χ0v) is 11.4. The predicted octanol–water partition coefficient (Wildman–Crippen LogP) is 0.671. The molecule has 1 atom stereocenters. The van der Waals surface area contributed by atoms with Crippen molar-refractivity contribution in [3.8, 4) is 0 Å². The minimum absolute atomic E-state index is 0.213. The van der Waals surface area contributed by atoms with Gasteiger partial charge in [0.1, 0.15) is 0 Å². The standard InChI is InChI=1S/C11H24N2O2S/c1-4-11(12,5-2)8-13-10(3)6-7-16(14,15)9-10/h13H,4-9,12H2,1-3H3. The smallest absolute Gasteiger partial charge is 0.152 e. The van der Waals surface area contributed by atoms with Crippen LogP contribution in [0.15, 0.2) is 0 Å². The van der Waals surface area contributed by atoms with E-state index in [1.54, 1.807) is 0 Å². The predicted molar refractivity (Wildman–Crippen MR) is 67.2 cm³/mol. The number of hydrogen-bond acceptors (Lipinski definition) is 4. The second-order valence-corrected chi connectivity index (χ2v) is 7.51. The molecule has 0 saturated carbocycles. The summed E-state index contributed by atoms with van der Waals surface area (Å²) in [6.45, 7) is 6.80. The molecule has 1 heterocycles. The van der Waals surface area contributed by atoms with Crippen LogP contribution in [0.1, 0.15) is 40.0 Å². The van der Waals surface area contributed by atoms with Gasteiger partial charge in [-0.2, -0.15) is 0 Å². The van der Waals surface area contributed by atoms with Crippen LogP contribution in [0.3, 0.4) is 0 Å². The van der Waals surface area contributed by atoms with Crippen LogP contribution in [-0.2, 0) is 9.84 Å². The summed E-state index contributed by atoms with van der Waals surface area (Å²) in [5.41, 5.74) is 5.69. The lowest BCUT2D eigenvalue weighted by molar-refractivity contribution is 0.305. The average molecular weight is 248 g/mol. The third-order valence-corrected chi connectivity index (χ3v) is 5.68. The summed E-state index contributed by atoms with van der Waals surface area (Å²) >= 11 is 0. The van der Waals surface area contributed by atoms with Gasteiger partial charge in [0.2, 0.25) is 0 Å². The van der Waals surface area contributed by atoms with E-state index in [-0.39, 0.29) is 16.8 Å². The van der Waals surface area contributed by atoms with E-state index in [4.69, 9.17) is 5.73 Å². The van der Waals surface area contributed by atoms with Crippen molar-refractivity contribution in [3.63, 3.8) is 0 Å². The quantitative estimate of drug-likeness (QED) is 0.750. The third-order valence-electron chi connectivity index (χ3n) is 3.78. The first kappa shape index (κ1) is 13.9. The van der Waals surface area contributed by atoms with Crippen LogP contribution in [0, 0.1) is 0 Å². The summed E-state index contributed by atoms with van der Waals surface area (Å²) in [5.74, 6) is 0.538. The first-order valence-corrected chi connectivity index (χ1v) is 7.81. The van der Waals surface area contributed by atoms with E-state index in [2.05, 4.69) is 19.2 Å². The van der Waals surface area contributed by atoms with E-state index in [9.17, 15) is 8.42 Å². The normalized spacial score (nSPS) is 29.5. The van der Waals surface area contributed by atoms with Crippen molar-refractivity contribution in [1.82, 2.24) is 5.32 Å². The van der Waals surface area contributed by atoms with Crippen LogP contribution in [-0.4, -0.2) is 37.5 Å². The summed E-state index contributed by atoms with van der Waals surface area (Å²) < 4.78 is 22.9. The minimum atomic E-state index is -2.84. The van der Waals surface area contributed by atoms with Crippen molar-refractivity contribution in [1.29, 1.82) is 0 Å². The Bertz CT molecular complexity index is 336. The van der Waals surface area contributed by atoms with Gasteiger partial charge in [-0.05, 0) is 26.2 Å². The van der Waals surface area contributed by atoms with Crippen LogP contribution in [0.4, 0.5) is 0 Å². The zero-order valence-electron chi connectivity index (χ0n) is 10.5. The molecule has 1 aliphatic rings. The van der Waals surface area contributed by atoms with Crippen molar-refractivity contribution in [2.24, 2.45) is 5.73 Å².